The zero-order valence-electron chi connectivity index (χ0n) is 5.00. The molecular weight excluding hydrogens is 136 g/mol. The lowest BCUT2D eigenvalue weighted by atomic mass is 10.2. The quantitative estimate of drug-likeness (QED) is 0.505. The topological polar surface area (TPSA) is 41.8 Å². The minimum Gasteiger partial charge on any atom is -0.210 e. The Balaban J connectivity index is 2.91. The van der Waals surface area contributed by atoms with E-state index in [0.29, 0.717) is 16.2 Å². The van der Waals surface area contributed by atoms with E-state index in [9.17, 15) is 4.21 Å². The van der Waals surface area contributed by atoms with Gasteiger partial charge in [0.05, 0.1) is 6.20 Å². The van der Waals surface area contributed by atoms with E-state index < -0.39 is 0 Å². The average molecular weight is 142 g/mol. The van der Waals surface area contributed by atoms with Crippen molar-refractivity contribution < 1.29 is 4.21 Å². The first-order valence-electron chi connectivity index (χ1n) is 2.65. The molecule has 0 aromatic heterocycles. The van der Waals surface area contributed by atoms with Gasteiger partial charge in [0.2, 0.25) is 0 Å². The second-order valence-electron chi connectivity index (χ2n) is 1.61. The predicted octanol–water partition coefficient (Wildman–Crippen LogP) is 1.09. The fraction of sp³-hybridized carbons (Fsp3) is 0.400. The molecule has 0 amide bonds. The Morgan fingerprint density at radius 1 is 1.78 bits per heavy atom. The number of rotatable bonds is 1. The van der Waals surface area contributed by atoms with Gasteiger partial charge in [-0.15, -0.1) is 5.11 Å². The molecule has 9 heavy (non-hydrogen) atoms. The summed E-state index contributed by atoms with van der Waals surface area (Å²) in [5, 5.41) is 7.20. The molecule has 1 aliphatic heterocycles. The van der Waals surface area contributed by atoms with Crippen LogP contribution in [0.2, 0.25) is 0 Å². The first-order chi connectivity index (χ1) is 4.38. The second kappa shape index (κ2) is 2.68. The summed E-state index contributed by atoms with van der Waals surface area (Å²) in [6.07, 6.45) is 2.46. The Morgan fingerprint density at radius 2 is 2.56 bits per heavy atom. The summed E-state index contributed by atoms with van der Waals surface area (Å²) in [7, 11) is 0. The Morgan fingerprint density at radius 3 is 3.00 bits per heavy atom. The second-order valence-corrected chi connectivity index (χ2v) is 2.17. The van der Waals surface area contributed by atoms with E-state index in [-0.39, 0.29) is 0 Å². The minimum atomic E-state index is 0.403. The van der Waals surface area contributed by atoms with Crippen LogP contribution in [-0.2, 0) is 11.3 Å². The molecular formula is C5H6N2OS. The van der Waals surface area contributed by atoms with Crippen LogP contribution in [0.4, 0.5) is 0 Å². The van der Waals surface area contributed by atoms with Gasteiger partial charge in [-0.3, -0.25) is 0 Å². The summed E-state index contributed by atoms with van der Waals surface area (Å²) < 4.78 is 10.2. The van der Waals surface area contributed by atoms with Crippen LogP contribution in [0.15, 0.2) is 22.0 Å². The lowest BCUT2D eigenvalue weighted by Gasteiger charge is -1.87. The molecule has 0 saturated heterocycles. The standard InChI is InChI=1S/C5H6N2OS/c1-2-4-3-6-7-5(4)9-8/h3H,2H2,1H3. The highest BCUT2D eigenvalue weighted by atomic mass is 32.1. The molecule has 1 rings (SSSR count). The van der Waals surface area contributed by atoms with Gasteiger partial charge >= 0.3 is 0 Å². The van der Waals surface area contributed by atoms with Gasteiger partial charge in [0.15, 0.2) is 4.99 Å². The van der Waals surface area contributed by atoms with E-state index in [1.165, 1.54) is 0 Å². The molecule has 0 bridgehead atoms. The van der Waals surface area contributed by atoms with Crippen molar-refractivity contribution in [1.29, 1.82) is 0 Å². The van der Waals surface area contributed by atoms with Crippen molar-refractivity contribution in [2.75, 3.05) is 0 Å². The molecule has 4 heteroatoms. The molecule has 0 fully saturated rings. The molecule has 1 heterocycles. The van der Waals surface area contributed by atoms with Gasteiger partial charge in [-0.1, -0.05) is 6.92 Å². The van der Waals surface area contributed by atoms with Gasteiger partial charge in [-0.25, -0.2) is 4.21 Å². The SMILES string of the molecule is CCC1=CN=NC1=S=O. The third-order valence-electron chi connectivity index (χ3n) is 1.10. The molecule has 0 radical (unpaired) electrons. The third kappa shape index (κ3) is 1.13. The van der Waals surface area contributed by atoms with Crippen LogP contribution in [0.1, 0.15) is 13.3 Å². The smallest absolute Gasteiger partial charge is 0.183 e. The summed E-state index contributed by atoms with van der Waals surface area (Å²) in [6, 6.07) is 0. The minimum absolute atomic E-state index is 0.403. The van der Waals surface area contributed by atoms with Crippen LogP contribution in [0.3, 0.4) is 0 Å². The van der Waals surface area contributed by atoms with Crippen LogP contribution >= 0.6 is 0 Å². The fourth-order valence-corrected chi connectivity index (χ4v) is 0.968. The first-order valence-corrected chi connectivity index (χ1v) is 3.39. The Kier molecular flexibility index (Phi) is 1.89. The molecule has 0 saturated carbocycles. The van der Waals surface area contributed by atoms with E-state index in [1.54, 1.807) is 6.20 Å². The maximum absolute atomic E-state index is 10.2. The fourth-order valence-electron chi connectivity index (χ4n) is 0.583. The zero-order valence-corrected chi connectivity index (χ0v) is 5.81. The average Bonchev–Trinajstić information content (AvgIpc) is 2.33. The molecule has 3 nitrogen and oxygen atoms in total. The molecule has 48 valence electrons. The highest BCUT2D eigenvalue weighted by Gasteiger charge is 2.06. The molecule has 0 unspecified atom stereocenters. The highest BCUT2D eigenvalue weighted by molar-refractivity contribution is 7.67. The molecule has 0 atom stereocenters. The van der Waals surface area contributed by atoms with Crippen molar-refractivity contribution >= 4 is 16.2 Å². The van der Waals surface area contributed by atoms with Crippen molar-refractivity contribution in [2.24, 2.45) is 10.2 Å². The summed E-state index contributed by atoms with van der Waals surface area (Å²) in [5.74, 6) is 0. The third-order valence-corrected chi connectivity index (χ3v) is 1.60. The number of hydrogen-bond donors (Lipinski definition) is 0. The Bertz CT molecular complexity index is 225. The Labute approximate surface area is 56.6 Å². The van der Waals surface area contributed by atoms with Crippen LogP contribution in [0.5, 0.6) is 0 Å². The number of azo groups is 1. The molecule has 0 aliphatic carbocycles. The zero-order chi connectivity index (χ0) is 6.69. The number of hydrogen-bond acceptors (Lipinski definition) is 2. The van der Waals surface area contributed by atoms with Gasteiger partial charge in [0, 0.05) is 5.57 Å². The lowest BCUT2D eigenvalue weighted by Crippen LogP contribution is -1.91. The molecule has 0 spiro atoms. The molecule has 0 aromatic carbocycles. The van der Waals surface area contributed by atoms with E-state index in [0.717, 1.165) is 12.0 Å². The van der Waals surface area contributed by atoms with Gasteiger partial charge < -0.3 is 0 Å². The summed E-state index contributed by atoms with van der Waals surface area (Å²) >= 11 is 0.403. The van der Waals surface area contributed by atoms with Gasteiger partial charge in [0.25, 0.3) is 0 Å². The summed E-state index contributed by atoms with van der Waals surface area (Å²) in [4.78, 5) is 0.512. The van der Waals surface area contributed by atoms with Gasteiger partial charge in [0.1, 0.15) is 11.3 Å². The monoisotopic (exact) mass is 142 g/mol. The Hall–Kier alpha value is -0.770. The van der Waals surface area contributed by atoms with E-state index >= 15 is 0 Å². The normalized spacial score (nSPS) is 16.1. The maximum Gasteiger partial charge on any atom is 0.183 e. The van der Waals surface area contributed by atoms with E-state index in [4.69, 9.17) is 0 Å². The van der Waals surface area contributed by atoms with Gasteiger partial charge in [-0.2, -0.15) is 5.11 Å². The van der Waals surface area contributed by atoms with Crippen LogP contribution in [0, 0.1) is 0 Å². The van der Waals surface area contributed by atoms with Gasteiger partial charge in [-0.05, 0) is 6.42 Å². The van der Waals surface area contributed by atoms with Crippen molar-refractivity contribution in [2.45, 2.75) is 13.3 Å². The molecule has 1 aliphatic rings. The van der Waals surface area contributed by atoms with Crippen molar-refractivity contribution in [3.05, 3.63) is 11.8 Å². The van der Waals surface area contributed by atoms with Crippen molar-refractivity contribution in [3.8, 4) is 0 Å². The largest absolute Gasteiger partial charge is 0.210 e. The van der Waals surface area contributed by atoms with Crippen LogP contribution < -0.4 is 0 Å². The predicted molar refractivity (Wildman–Crippen MR) is 36.4 cm³/mol. The highest BCUT2D eigenvalue weighted by Crippen LogP contribution is 2.09. The molecule has 0 aromatic rings. The maximum atomic E-state index is 10.2. The van der Waals surface area contributed by atoms with Crippen molar-refractivity contribution in [1.82, 2.24) is 0 Å². The summed E-state index contributed by atoms with van der Waals surface area (Å²) in [5.41, 5.74) is 0.940. The van der Waals surface area contributed by atoms with Crippen molar-refractivity contribution in [3.63, 3.8) is 0 Å². The van der Waals surface area contributed by atoms with E-state index in [1.807, 2.05) is 6.92 Å². The number of nitrogens with zero attached hydrogens (tertiary/aromatic N) is 2. The van der Waals surface area contributed by atoms with Crippen LogP contribution in [0.25, 0.3) is 0 Å². The van der Waals surface area contributed by atoms with Crippen LogP contribution in [-0.4, -0.2) is 9.20 Å². The van der Waals surface area contributed by atoms with E-state index in [2.05, 4.69) is 10.2 Å². The summed E-state index contributed by atoms with van der Waals surface area (Å²) in [6.45, 7) is 1.97. The molecule has 0 N–H and O–H groups in total. The lowest BCUT2D eigenvalue weighted by molar-refractivity contribution is 0.701. The first kappa shape index (κ1) is 6.35.